The number of Topliss-reactive ketones (excluding diaryl/α,β-unsaturated/α-hetero) is 1. The molecule has 140 valence electrons. The highest BCUT2D eigenvalue weighted by molar-refractivity contribution is 6.09. The zero-order chi connectivity index (χ0) is 19.6. The number of oxime groups is 1. The summed E-state index contributed by atoms with van der Waals surface area (Å²) in [4.78, 5) is 30.9. The summed E-state index contributed by atoms with van der Waals surface area (Å²) in [5.41, 5.74) is 1.25. The number of hydrogen-bond acceptors (Lipinski definition) is 5. The van der Waals surface area contributed by atoms with Crippen molar-refractivity contribution in [3.8, 4) is 5.75 Å². The highest BCUT2D eigenvalue weighted by Gasteiger charge is 2.33. The largest absolute Gasteiger partial charge is 0.496 e. The summed E-state index contributed by atoms with van der Waals surface area (Å²) in [6.45, 7) is 3.09. The van der Waals surface area contributed by atoms with Crippen molar-refractivity contribution in [1.29, 1.82) is 0 Å². The van der Waals surface area contributed by atoms with E-state index in [0.29, 0.717) is 16.9 Å². The lowest BCUT2D eigenvalue weighted by molar-refractivity contribution is -0.142. The number of ether oxygens (including phenoxy) is 1. The van der Waals surface area contributed by atoms with E-state index in [4.69, 9.17) is 9.57 Å². The number of nitrogens with zero attached hydrogens (tertiary/aromatic N) is 2. The number of halogens is 1. The number of hydrogen-bond donors (Lipinski definition) is 0. The van der Waals surface area contributed by atoms with Crippen LogP contribution in [0.25, 0.3) is 0 Å². The molecule has 0 saturated heterocycles. The molecule has 3 rings (SSSR count). The van der Waals surface area contributed by atoms with Gasteiger partial charge in [0.25, 0.3) is 5.91 Å². The highest BCUT2D eigenvalue weighted by atomic mass is 19.1. The fraction of sp³-hybridized carbons (Fsp3) is 0.250. The van der Waals surface area contributed by atoms with Gasteiger partial charge in [-0.1, -0.05) is 17.3 Å². The van der Waals surface area contributed by atoms with Gasteiger partial charge in [-0.2, -0.15) is 0 Å². The minimum Gasteiger partial charge on any atom is -0.496 e. The van der Waals surface area contributed by atoms with E-state index in [2.05, 4.69) is 5.16 Å². The first kappa shape index (κ1) is 18.6. The van der Waals surface area contributed by atoms with E-state index in [1.807, 2.05) is 0 Å². The number of benzene rings is 2. The molecule has 0 aliphatic carbocycles. The fourth-order valence-electron chi connectivity index (χ4n) is 2.83. The molecule has 1 atom stereocenters. The van der Waals surface area contributed by atoms with E-state index in [1.165, 1.54) is 31.1 Å². The van der Waals surface area contributed by atoms with Gasteiger partial charge in [-0.05, 0) is 44.2 Å². The standard InChI is InChI=1S/C20H19FN2O4/c1-12(24)14-8-9-18(26-3)15(10-14)11-23-19(22-27-13(2)20(23)25)16-6-4-5-7-17(16)21/h4-10,13H,11H2,1-3H3. The first-order chi connectivity index (χ1) is 12.9. The molecule has 6 nitrogen and oxygen atoms in total. The van der Waals surface area contributed by atoms with Gasteiger partial charge in [-0.3, -0.25) is 14.5 Å². The molecule has 0 radical (unpaired) electrons. The SMILES string of the molecule is COc1ccc(C(C)=O)cc1CN1C(=O)C(C)ON=C1c1ccccc1F. The van der Waals surface area contributed by atoms with Gasteiger partial charge in [0.15, 0.2) is 11.6 Å². The number of ketones is 1. The van der Waals surface area contributed by atoms with E-state index in [9.17, 15) is 14.0 Å². The van der Waals surface area contributed by atoms with Crippen LogP contribution in [0.4, 0.5) is 4.39 Å². The van der Waals surface area contributed by atoms with Crippen LogP contribution in [0.3, 0.4) is 0 Å². The van der Waals surface area contributed by atoms with Crippen LogP contribution in [0.5, 0.6) is 5.75 Å². The van der Waals surface area contributed by atoms with Crippen molar-refractivity contribution in [2.75, 3.05) is 7.11 Å². The van der Waals surface area contributed by atoms with Crippen molar-refractivity contribution in [3.05, 3.63) is 65.0 Å². The number of rotatable bonds is 5. The van der Waals surface area contributed by atoms with E-state index in [-0.39, 0.29) is 29.6 Å². The minimum atomic E-state index is -0.803. The Morgan fingerprint density at radius 1 is 1.30 bits per heavy atom. The molecule has 1 unspecified atom stereocenters. The Morgan fingerprint density at radius 2 is 2.04 bits per heavy atom. The van der Waals surface area contributed by atoms with E-state index < -0.39 is 11.9 Å². The third-order valence-electron chi connectivity index (χ3n) is 4.30. The van der Waals surface area contributed by atoms with E-state index in [0.717, 1.165) is 0 Å². The second-order valence-corrected chi connectivity index (χ2v) is 6.15. The maximum Gasteiger partial charge on any atom is 0.272 e. The molecule has 1 heterocycles. The molecular formula is C20H19FN2O4. The summed E-state index contributed by atoms with van der Waals surface area (Å²) in [7, 11) is 1.50. The Kier molecular flexibility index (Phi) is 5.21. The smallest absolute Gasteiger partial charge is 0.272 e. The van der Waals surface area contributed by atoms with Gasteiger partial charge >= 0.3 is 0 Å². The second-order valence-electron chi connectivity index (χ2n) is 6.15. The number of carbonyl (C=O) groups excluding carboxylic acids is 2. The molecule has 0 saturated carbocycles. The summed E-state index contributed by atoms with van der Waals surface area (Å²) in [6.07, 6.45) is -0.803. The van der Waals surface area contributed by atoms with Gasteiger partial charge in [0.1, 0.15) is 11.6 Å². The van der Waals surface area contributed by atoms with Gasteiger partial charge in [0.05, 0.1) is 19.2 Å². The third-order valence-corrected chi connectivity index (χ3v) is 4.30. The summed E-state index contributed by atoms with van der Waals surface area (Å²) < 4.78 is 19.6. The number of amides is 1. The number of carbonyl (C=O) groups is 2. The minimum absolute atomic E-state index is 0.0595. The Labute approximate surface area is 156 Å². The molecule has 0 bridgehead atoms. The van der Waals surface area contributed by atoms with Crippen LogP contribution in [0.1, 0.15) is 35.3 Å². The first-order valence-electron chi connectivity index (χ1n) is 8.40. The van der Waals surface area contributed by atoms with Crippen molar-refractivity contribution >= 4 is 17.5 Å². The molecule has 7 heteroatoms. The highest BCUT2D eigenvalue weighted by Crippen LogP contribution is 2.25. The van der Waals surface area contributed by atoms with Gasteiger partial charge in [-0.15, -0.1) is 0 Å². The van der Waals surface area contributed by atoms with Crippen molar-refractivity contribution in [2.24, 2.45) is 5.16 Å². The number of amidine groups is 1. The molecule has 1 aliphatic rings. The maximum absolute atomic E-state index is 14.3. The molecular weight excluding hydrogens is 351 g/mol. The predicted molar refractivity (Wildman–Crippen MR) is 97.0 cm³/mol. The van der Waals surface area contributed by atoms with E-state index >= 15 is 0 Å². The molecule has 0 fully saturated rings. The van der Waals surface area contributed by atoms with Crippen LogP contribution in [0.15, 0.2) is 47.6 Å². The van der Waals surface area contributed by atoms with Crippen LogP contribution in [-0.4, -0.2) is 35.6 Å². The quantitative estimate of drug-likeness (QED) is 0.759. The van der Waals surface area contributed by atoms with Crippen molar-refractivity contribution in [1.82, 2.24) is 4.90 Å². The van der Waals surface area contributed by atoms with Gasteiger partial charge < -0.3 is 9.57 Å². The van der Waals surface area contributed by atoms with Crippen LogP contribution in [0, 0.1) is 5.82 Å². The summed E-state index contributed by atoms with van der Waals surface area (Å²) >= 11 is 0. The van der Waals surface area contributed by atoms with Crippen molar-refractivity contribution in [3.63, 3.8) is 0 Å². The topological polar surface area (TPSA) is 68.2 Å². The van der Waals surface area contributed by atoms with Gasteiger partial charge in [0.2, 0.25) is 6.10 Å². The average Bonchev–Trinajstić information content (AvgIpc) is 2.66. The van der Waals surface area contributed by atoms with Gasteiger partial charge in [-0.25, -0.2) is 4.39 Å². The van der Waals surface area contributed by atoms with Crippen LogP contribution in [0.2, 0.25) is 0 Å². The molecule has 27 heavy (non-hydrogen) atoms. The third kappa shape index (κ3) is 3.67. The maximum atomic E-state index is 14.3. The fourth-order valence-corrected chi connectivity index (χ4v) is 2.83. The molecule has 1 amide bonds. The first-order valence-corrected chi connectivity index (χ1v) is 8.40. The Balaban J connectivity index is 2.05. The van der Waals surface area contributed by atoms with Gasteiger partial charge in [0, 0.05) is 11.1 Å². The lowest BCUT2D eigenvalue weighted by Crippen LogP contribution is -2.46. The Morgan fingerprint density at radius 3 is 2.70 bits per heavy atom. The second kappa shape index (κ2) is 7.57. The Bertz CT molecular complexity index is 926. The molecule has 1 aliphatic heterocycles. The average molecular weight is 370 g/mol. The van der Waals surface area contributed by atoms with Crippen LogP contribution in [-0.2, 0) is 16.2 Å². The summed E-state index contributed by atoms with van der Waals surface area (Å²) in [5, 5.41) is 3.96. The zero-order valence-corrected chi connectivity index (χ0v) is 15.2. The molecule has 2 aromatic carbocycles. The molecule has 0 aromatic heterocycles. The Hall–Kier alpha value is -3.22. The normalized spacial score (nSPS) is 16.6. The summed E-state index contributed by atoms with van der Waals surface area (Å²) in [6, 6.07) is 11.0. The molecule has 0 spiro atoms. The van der Waals surface area contributed by atoms with Crippen molar-refractivity contribution in [2.45, 2.75) is 26.5 Å². The predicted octanol–water partition coefficient (Wildman–Crippen LogP) is 3.15. The number of methoxy groups -OCH3 is 1. The van der Waals surface area contributed by atoms with E-state index in [1.54, 1.807) is 37.3 Å². The summed E-state index contributed by atoms with van der Waals surface area (Å²) in [5.74, 6) is -0.398. The molecule has 0 N–H and O–H groups in total. The lowest BCUT2D eigenvalue weighted by Gasteiger charge is -2.30. The monoisotopic (exact) mass is 370 g/mol. The van der Waals surface area contributed by atoms with Crippen LogP contribution >= 0.6 is 0 Å². The lowest BCUT2D eigenvalue weighted by atomic mass is 10.0. The molecule has 2 aromatic rings. The zero-order valence-electron chi connectivity index (χ0n) is 15.2. The van der Waals surface area contributed by atoms with Crippen molar-refractivity contribution < 1.29 is 23.6 Å². The van der Waals surface area contributed by atoms with Crippen LogP contribution < -0.4 is 4.74 Å².